The zero-order chi connectivity index (χ0) is 53.6. The van der Waals surface area contributed by atoms with Gasteiger partial charge in [-0.25, -0.2) is 0 Å². The SMILES string of the molecule is CCCCCCCCCCCCCCCC(O)C(CO)NC(=O)CCCCCCCCCCCCCCCCCCCCCCCCCCCCCCCCCCCOC(=O)CCCCCCCCCCCCC. The summed E-state index contributed by atoms with van der Waals surface area (Å²) in [7, 11) is 0. The maximum absolute atomic E-state index is 12.5. The first-order valence-electron chi connectivity index (χ1n) is 34.3. The van der Waals surface area contributed by atoms with E-state index in [1.54, 1.807) is 0 Å². The van der Waals surface area contributed by atoms with E-state index < -0.39 is 12.1 Å². The van der Waals surface area contributed by atoms with Crippen molar-refractivity contribution in [3.8, 4) is 0 Å². The van der Waals surface area contributed by atoms with Crippen LogP contribution in [0.4, 0.5) is 0 Å². The van der Waals surface area contributed by atoms with E-state index in [-0.39, 0.29) is 18.5 Å². The number of nitrogens with one attached hydrogen (secondary N) is 1. The van der Waals surface area contributed by atoms with Crippen molar-refractivity contribution in [1.82, 2.24) is 5.32 Å². The van der Waals surface area contributed by atoms with Gasteiger partial charge < -0.3 is 20.3 Å². The lowest BCUT2D eigenvalue weighted by Gasteiger charge is -2.22. The molecular formula is C68H135NO5. The molecule has 0 bridgehead atoms. The van der Waals surface area contributed by atoms with Crippen LogP contribution in [0.5, 0.6) is 0 Å². The number of esters is 1. The van der Waals surface area contributed by atoms with E-state index >= 15 is 0 Å². The van der Waals surface area contributed by atoms with E-state index in [4.69, 9.17) is 4.74 Å². The summed E-state index contributed by atoms with van der Waals surface area (Å²) in [6, 6.07) is -0.535. The molecule has 74 heavy (non-hydrogen) atoms. The van der Waals surface area contributed by atoms with Gasteiger partial charge in [-0.3, -0.25) is 9.59 Å². The van der Waals surface area contributed by atoms with Gasteiger partial charge in [0.2, 0.25) is 5.91 Å². The smallest absolute Gasteiger partial charge is 0.305 e. The fourth-order valence-corrected chi connectivity index (χ4v) is 11.2. The number of aliphatic hydroxyl groups excluding tert-OH is 2. The molecule has 0 heterocycles. The largest absolute Gasteiger partial charge is 0.466 e. The molecule has 0 spiro atoms. The molecule has 0 aliphatic heterocycles. The highest BCUT2D eigenvalue weighted by molar-refractivity contribution is 5.76. The van der Waals surface area contributed by atoms with Gasteiger partial charge >= 0.3 is 5.97 Å². The van der Waals surface area contributed by atoms with Crippen LogP contribution in [0.2, 0.25) is 0 Å². The Morgan fingerprint density at radius 3 is 0.824 bits per heavy atom. The summed E-state index contributed by atoms with van der Waals surface area (Å²) in [6.45, 7) is 4.98. The lowest BCUT2D eigenvalue weighted by molar-refractivity contribution is -0.143. The van der Waals surface area contributed by atoms with Crippen LogP contribution in [0, 0.1) is 0 Å². The molecule has 6 nitrogen and oxygen atoms in total. The zero-order valence-electron chi connectivity index (χ0n) is 50.6. The normalized spacial score (nSPS) is 12.4. The van der Waals surface area contributed by atoms with Crippen molar-refractivity contribution in [2.24, 2.45) is 0 Å². The minimum absolute atomic E-state index is 0.0223. The Hall–Kier alpha value is -1.14. The topological polar surface area (TPSA) is 95.9 Å². The second-order valence-corrected chi connectivity index (χ2v) is 23.9. The Labute approximate surface area is 464 Å². The second kappa shape index (κ2) is 64.4. The molecule has 0 saturated heterocycles. The quantitative estimate of drug-likeness (QED) is 0.0417. The van der Waals surface area contributed by atoms with Crippen molar-refractivity contribution in [2.45, 2.75) is 411 Å². The molecule has 0 aromatic carbocycles. The van der Waals surface area contributed by atoms with Gasteiger partial charge in [-0.1, -0.05) is 361 Å². The summed E-state index contributed by atoms with van der Waals surface area (Å²) in [4.78, 5) is 24.5. The summed E-state index contributed by atoms with van der Waals surface area (Å²) >= 11 is 0. The van der Waals surface area contributed by atoms with Gasteiger partial charge in [0, 0.05) is 12.8 Å². The van der Waals surface area contributed by atoms with Crippen molar-refractivity contribution in [3.63, 3.8) is 0 Å². The van der Waals surface area contributed by atoms with Crippen LogP contribution < -0.4 is 5.32 Å². The number of ether oxygens (including phenoxy) is 1. The number of rotatable bonds is 65. The summed E-state index contributed by atoms with van der Waals surface area (Å²) in [5.41, 5.74) is 0. The predicted molar refractivity (Wildman–Crippen MR) is 324 cm³/mol. The highest BCUT2D eigenvalue weighted by Gasteiger charge is 2.20. The van der Waals surface area contributed by atoms with Gasteiger partial charge in [-0.05, 0) is 25.7 Å². The van der Waals surface area contributed by atoms with Crippen molar-refractivity contribution < 1.29 is 24.5 Å². The summed E-state index contributed by atoms with van der Waals surface area (Å²) in [5.74, 6) is -0.00517. The Bertz CT molecular complexity index is 1070. The van der Waals surface area contributed by atoms with E-state index in [0.29, 0.717) is 25.9 Å². The van der Waals surface area contributed by atoms with E-state index in [1.807, 2.05) is 0 Å². The fraction of sp³-hybridized carbons (Fsp3) is 0.971. The first kappa shape index (κ1) is 72.9. The molecule has 3 N–H and O–H groups in total. The first-order chi connectivity index (χ1) is 36.5. The van der Waals surface area contributed by atoms with Crippen molar-refractivity contribution >= 4 is 11.9 Å². The van der Waals surface area contributed by atoms with Crippen LogP contribution in [-0.2, 0) is 14.3 Å². The van der Waals surface area contributed by atoms with E-state index in [2.05, 4.69) is 19.2 Å². The van der Waals surface area contributed by atoms with Crippen LogP contribution in [0.15, 0.2) is 0 Å². The number of hydrogen-bond donors (Lipinski definition) is 3. The molecule has 0 radical (unpaired) electrons. The zero-order valence-corrected chi connectivity index (χ0v) is 50.6. The Morgan fingerprint density at radius 1 is 0.324 bits per heavy atom. The van der Waals surface area contributed by atoms with Crippen LogP contribution in [-0.4, -0.2) is 47.4 Å². The lowest BCUT2D eigenvalue weighted by Crippen LogP contribution is -2.45. The van der Waals surface area contributed by atoms with Crippen molar-refractivity contribution in [3.05, 3.63) is 0 Å². The maximum Gasteiger partial charge on any atom is 0.305 e. The molecule has 0 aliphatic rings. The van der Waals surface area contributed by atoms with Gasteiger partial charge in [-0.2, -0.15) is 0 Å². The lowest BCUT2D eigenvalue weighted by atomic mass is 10.0. The number of hydrogen-bond acceptors (Lipinski definition) is 5. The number of unbranched alkanes of at least 4 members (excludes halogenated alkanes) is 54. The molecular weight excluding hydrogens is 911 g/mol. The molecule has 442 valence electrons. The minimum Gasteiger partial charge on any atom is -0.466 e. The Morgan fingerprint density at radius 2 is 0.554 bits per heavy atom. The molecule has 1 amide bonds. The number of aliphatic hydroxyl groups is 2. The number of carbonyl (C=O) groups is 2. The maximum atomic E-state index is 12.5. The standard InChI is InChI=1S/C68H135NO5/c1-3-5-7-9-11-13-15-37-41-44-48-52-56-60-66(71)65(64-70)69-67(72)61-57-53-49-45-42-38-35-33-31-29-27-25-23-21-19-17-16-18-20-22-24-26-28-30-32-34-36-39-43-47-51-55-59-63-74-68(73)62-58-54-50-46-40-14-12-10-8-6-4-2/h65-66,70-71H,3-64H2,1-2H3,(H,69,72). The van der Waals surface area contributed by atoms with Gasteiger partial charge in [0.1, 0.15) is 0 Å². The number of carbonyl (C=O) groups excluding carboxylic acids is 2. The predicted octanol–water partition coefficient (Wildman–Crippen LogP) is 21.8. The third kappa shape index (κ3) is 60.1. The molecule has 0 aromatic rings. The van der Waals surface area contributed by atoms with Crippen LogP contribution in [0.3, 0.4) is 0 Å². The molecule has 0 saturated carbocycles. The molecule has 2 atom stereocenters. The van der Waals surface area contributed by atoms with Crippen LogP contribution >= 0.6 is 0 Å². The second-order valence-electron chi connectivity index (χ2n) is 23.9. The third-order valence-electron chi connectivity index (χ3n) is 16.4. The summed E-state index contributed by atoms with van der Waals surface area (Å²) in [6.07, 6.45) is 77.3. The molecule has 2 unspecified atom stereocenters. The van der Waals surface area contributed by atoms with E-state index in [0.717, 1.165) is 38.5 Å². The minimum atomic E-state index is -0.659. The molecule has 0 aromatic heterocycles. The van der Waals surface area contributed by atoms with E-state index in [9.17, 15) is 19.8 Å². The van der Waals surface area contributed by atoms with Gasteiger partial charge in [0.25, 0.3) is 0 Å². The molecule has 0 aliphatic carbocycles. The summed E-state index contributed by atoms with van der Waals surface area (Å²) < 4.78 is 5.48. The van der Waals surface area contributed by atoms with Gasteiger partial charge in [0.05, 0.1) is 25.4 Å². The average molecular weight is 1050 g/mol. The van der Waals surface area contributed by atoms with E-state index in [1.165, 1.54) is 327 Å². The fourth-order valence-electron chi connectivity index (χ4n) is 11.2. The van der Waals surface area contributed by atoms with Crippen molar-refractivity contribution in [2.75, 3.05) is 13.2 Å². The third-order valence-corrected chi connectivity index (χ3v) is 16.4. The molecule has 6 heteroatoms. The van der Waals surface area contributed by atoms with Crippen molar-refractivity contribution in [1.29, 1.82) is 0 Å². The van der Waals surface area contributed by atoms with Crippen LogP contribution in [0.25, 0.3) is 0 Å². The highest BCUT2D eigenvalue weighted by Crippen LogP contribution is 2.19. The van der Waals surface area contributed by atoms with Gasteiger partial charge in [0.15, 0.2) is 0 Å². The monoisotopic (exact) mass is 1050 g/mol. The Kier molecular flexibility index (Phi) is 63.4. The highest BCUT2D eigenvalue weighted by atomic mass is 16.5. The first-order valence-corrected chi connectivity index (χ1v) is 34.3. The average Bonchev–Trinajstić information content (AvgIpc) is 3.40. The molecule has 0 fully saturated rings. The number of amides is 1. The Balaban J connectivity index is 3.29. The summed E-state index contributed by atoms with van der Waals surface area (Å²) in [5, 5.41) is 23.3. The van der Waals surface area contributed by atoms with Gasteiger partial charge in [-0.15, -0.1) is 0 Å². The van der Waals surface area contributed by atoms with Crippen LogP contribution in [0.1, 0.15) is 399 Å². The molecule has 0 rings (SSSR count).